The number of ether oxygens (including phenoxy) is 3. The quantitative estimate of drug-likeness (QED) is 0.639. The van der Waals surface area contributed by atoms with Crippen molar-refractivity contribution in [2.24, 2.45) is 0 Å². The van der Waals surface area contributed by atoms with Crippen LogP contribution in [0.15, 0.2) is 36.4 Å². The van der Waals surface area contributed by atoms with E-state index in [9.17, 15) is 4.79 Å². The molecule has 0 radical (unpaired) electrons. The van der Waals surface area contributed by atoms with Crippen LogP contribution < -0.4 is 19.5 Å². The van der Waals surface area contributed by atoms with Crippen molar-refractivity contribution in [3.8, 4) is 29.1 Å². The van der Waals surface area contributed by atoms with Gasteiger partial charge < -0.3 is 19.5 Å². The number of hydrogen-bond donors (Lipinski definition) is 2. The molecule has 144 valence electrons. The van der Waals surface area contributed by atoms with Crippen molar-refractivity contribution in [1.29, 1.82) is 0 Å². The number of amides is 1. The van der Waals surface area contributed by atoms with E-state index < -0.39 is 0 Å². The fourth-order valence-electron chi connectivity index (χ4n) is 2.63. The average Bonchev–Trinajstić information content (AvgIpc) is 3.12. The maximum atomic E-state index is 12.6. The molecule has 0 saturated carbocycles. The summed E-state index contributed by atoms with van der Waals surface area (Å²) in [4.78, 5) is 12.6. The smallest absolute Gasteiger partial charge is 0.257 e. The van der Waals surface area contributed by atoms with Gasteiger partial charge in [-0.05, 0) is 36.4 Å². The van der Waals surface area contributed by atoms with Gasteiger partial charge >= 0.3 is 0 Å². The number of hydrogen-bond acceptors (Lipinski definition) is 5. The van der Waals surface area contributed by atoms with E-state index in [2.05, 4.69) is 27.4 Å². The highest BCUT2D eigenvalue weighted by Crippen LogP contribution is 2.29. The fourth-order valence-corrected chi connectivity index (χ4v) is 2.63. The lowest BCUT2D eigenvalue weighted by Gasteiger charge is -2.09. The summed E-state index contributed by atoms with van der Waals surface area (Å²) in [5, 5.41) is 10.6. The van der Waals surface area contributed by atoms with E-state index in [0.717, 1.165) is 17.3 Å². The summed E-state index contributed by atoms with van der Waals surface area (Å²) in [6, 6.07) is 10.4. The molecule has 0 spiro atoms. The number of rotatable bonds is 6. The van der Waals surface area contributed by atoms with Gasteiger partial charge in [-0.25, -0.2) is 0 Å². The Morgan fingerprint density at radius 3 is 2.68 bits per heavy atom. The van der Waals surface area contributed by atoms with Crippen molar-refractivity contribution in [2.75, 3.05) is 26.1 Å². The van der Waals surface area contributed by atoms with Gasteiger partial charge in [-0.15, -0.1) is 5.92 Å². The first-order valence-corrected chi connectivity index (χ1v) is 8.76. The Balaban J connectivity index is 1.80. The van der Waals surface area contributed by atoms with Crippen LogP contribution in [0.5, 0.6) is 17.2 Å². The predicted octanol–water partition coefficient (Wildman–Crippen LogP) is 3.62. The summed E-state index contributed by atoms with van der Waals surface area (Å²) in [5.74, 6) is 7.67. The highest BCUT2D eigenvalue weighted by atomic mass is 16.5. The molecule has 3 rings (SSSR count). The fraction of sp³-hybridized carbons (Fsp3) is 0.238. The monoisotopic (exact) mass is 379 g/mol. The SMILES string of the molecule is CCC#CCOc1ccc2[nH]nc(NC(=O)c3ccc(OC)c(OC)c3)c2c1. The second-order valence-corrected chi connectivity index (χ2v) is 5.80. The molecule has 7 nitrogen and oxygen atoms in total. The Bertz CT molecular complexity index is 1050. The highest BCUT2D eigenvalue weighted by molar-refractivity contribution is 6.08. The number of nitrogens with one attached hydrogen (secondary N) is 2. The maximum absolute atomic E-state index is 12.6. The lowest BCUT2D eigenvalue weighted by atomic mass is 10.2. The van der Waals surface area contributed by atoms with Crippen molar-refractivity contribution >= 4 is 22.6 Å². The van der Waals surface area contributed by atoms with E-state index in [1.165, 1.54) is 7.11 Å². The molecule has 1 aromatic heterocycles. The third-order valence-electron chi connectivity index (χ3n) is 4.02. The van der Waals surface area contributed by atoms with Gasteiger partial charge in [-0.3, -0.25) is 9.89 Å². The number of aromatic amines is 1. The Kier molecular flexibility index (Phi) is 6.02. The van der Waals surface area contributed by atoms with E-state index in [4.69, 9.17) is 14.2 Å². The second kappa shape index (κ2) is 8.82. The van der Waals surface area contributed by atoms with Gasteiger partial charge in [0.1, 0.15) is 12.4 Å². The van der Waals surface area contributed by atoms with Gasteiger partial charge in [-0.1, -0.05) is 12.8 Å². The van der Waals surface area contributed by atoms with E-state index in [1.54, 1.807) is 25.3 Å². The molecular formula is C21H21N3O4. The predicted molar refractivity (Wildman–Crippen MR) is 107 cm³/mol. The number of H-pyrrole nitrogens is 1. The Morgan fingerprint density at radius 1 is 1.11 bits per heavy atom. The number of methoxy groups -OCH3 is 2. The standard InChI is InChI=1S/C21H21N3O4/c1-4-5-6-11-28-15-8-9-17-16(13-15)20(24-23-17)22-21(25)14-7-10-18(26-2)19(12-14)27-3/h7-10,12-13H,4,11H2,1-3H3,(H2,22,23,24,25). The zero-order valence-corrected chi connectivity index (χ0v) is 16.0. The first-order chi connectivity index (χ1) is 13.7. The number of anilines is 1. The van der Waals surface area contributed by atoms with Crippen molar-refractivity contribution in [3.63, 3.8) is 0 Å². The Labute approximate surface area is 163 Å². The van der Waals surface area contributed by atoms with Gasteiger partial charge in [0.2, 0.25) is 0 Å². The number of nitrogens with zero attached hydrogens (tertiary/aromatic N) is 1. The van der Waals surface area contributed by atoms with Gasteiger partial charge in [0.15, 0.2) is 17.3 Å². The van der Waals surface area contributed by atoms with Crippen LogP contribution >= 0.6 is 0 Å². The molecule has 0 saturated heterocycles. The van der Waals surface area contributed by atoms with Crippen LogP contribution in [0.3, 0.4) is 0 Å². The van der Waals surface area contributed by atoms with Gasteiger partial charge in [0, 0.05) is 17.4 Å². The second-order valence-electron chi connectivity index (χ2n) is 5.80. The number of aromatic nitrogens is 2. The number of carbonyl (C=O) groups is 1. The zero-order valence-electron chi connectivity index (χ0n) is 16.0. The van der Waals surface area contributed by atoms with Crippen molar-refractivity contribution < 1.29 is 19.0 Å². The molecule has 0 unspecified atom stereocenters. The van der Waals surface area contributed by atoms with Crippen LogP contribution in [0.1, 0.15) is 23.7 Å². The van der Waals surface area contributed by atoms with Crippen molar-refractivity contribution in [2.45, 2.75) is 13.3 Å². The number of benzene rings is 2. The summed E-state index contributed by atoms with van der Waals surface area (Å²) in [5.41, 5.74) is 1.21. The lowest BCUT2D eigenvalue weighted by molar-refractivity contribution is 0.102. The normalized spacial score (nSPS) is 10.1. The summed E-state index contributed by atoms with van der Waals surface area (Å²) in [6.07, 6.45) is 0.788. The third kappa shape index (κ3) is 4.18. The van der Waals surface area contributed by atoms with Crippen LogP contribution in [-0.2, 0) is 0 Å². The van der Waals surface area contributed by atoms with E-state index >= 15 is 0 Å². The van der Waals surface area contributed by atoms with Crippen molar-refractivity contribution in [1.82, 2.24) is 10.2 Å². The molecule has 0 fully saturated rings. The van der Waals surface area contributed by atoms with Gasteiger partial charge in [0.05, 0.1) is 19.7 Å². The van der Waals surface area contributed by atoms with Gasteiger partial charge in [0.25, 0.3) is 5.91 Å². The molecule has 0 aliphatic rings. The van der Waals surface area contributed by atoms with E-state index in [1.807, 2.05) is 25.1 Å². The minimum absolute atomic E-state index is 0.310. The first kappa shape index (κ1) is 19.1. The molecular weight excluding hydrogens is 358 g/mol. The average molecular weight is 379 g/mol. The molecule has 3 aromatic rings. The van der Waals surface area contributed by atoms with Crippen LogP contribution in [0.25, 0.3) is 10.9 Å². The summed E-state index contributed by atoms with van der Waals surface area (Å²) in [6.45, 7) is 2.29. The van der Waals surface area contributed by atoms with Crippen molar-refractivity contribution in [3.05, 3.63) is 42.0 Å². The summed E-state index contributed by atoms with van der Waals surface area (Å²) < 4.78 is 16.1. The molecule has 7 heteroatoms. The largest absolute Gasteiger partial charge is 0.493 e. The molecule has 2 N–H and O–H groups in total. The first-order valence-electron chi connectivity index (χ1n) is 8.76. The number of carbonyl (C=O) groups excluding carboxylic acids is 1. The maximum Gasteiger partial charge on any atom is 0.257 e. The molecule has 0 bridgehead atoms. The minimum Gasteiger partial charge on any atom is -0.493 e. The summed E-state index contributed by atoms with van der Waals surface area (Å²) >= 11 is 0. The van der Waals surface area contributed by atoms with E-state index in [0.29, 0.717) is 35.2 Å². The van der Waals surface area contributed by atoms with E-state index in [-0.39, 0.29) is 5.91 Å². The molecule has 0 aliphatic carbocycles. The minimum atomic E-state index is -0.311. The molecule has 0 aliphatic heterocycles. The highest BCUT2D eigenvalue weighted by Gasteiger charge is 2.14. The topological polar surface area (TPSA) is 85.5 Å². The zero-order chi connectivity index (χ0) is 19.9. The molecule has 1 amide bonds. The van der Waals surface area contributed by atoms with Crippen LogP contribution in [0.4, 0.5) is 5.82 Å². The van der Waals surface area contributed by atoms with Crippen LogP contribution in [-0.4, -0.2) is 36.9 Å². The lowest BCUT2D eigenvalue weighted by Crippen LogP contribution is -2.12. The Hall–Kier alpha value is -3.66. The molecule has 28 heavy (non-hydrogen) atoms. The molecule has 1 heterocycles. The van der Waals surface area contributed by atoms with Crippen LogP contribution in [0, 0.1) is 11.8 Å². The van der Waals surface area contributed by atoms with Gasteiger partial charge in [-0.2, -0.15) is 5.10 Å². The third-order valence-corrected chi connectivity index (χ3v) is 4.02. The molecule has 0 atom stereocenters. The Morgan fingerprint density at radius 2 is 1.93 bits per heavy atom. The summed E-state index contributed by atoms with van der Waals surface area (Å²) in [7, 11) is 3.06. The number of fused-ring (bicyclic) bond motifs is 1. The molecule has 2 aromatic carbocycles. The van der Waals surface area contributed by atoms with Crippen LogP contribution in [0.2, 0.25) is 0 Å².